The molecule has 2 aromatic rings. The molecule has 10 nitrogen and oxygen atoms in total. The molecule has 0 atom stereocenters. The van der Waals surface area contributed by atoms with E-state index in [2.05, 4.69) is 15.2 Å². The molecule has 10 heteroatoms. The Bertz CT molecular complexity index is 867. The first-order valence-electron chi connectivity index (χ1n) is 9.80. The monoisotopic (exact) mass is 404 g/mol. The van der Waals surface area contributed by atoms with Crippen LogP contribution in [0.1, 0.15) is 27.2 Å². The third-order valence-corrected chi connectivity index (χ3v) is 4.65. The summed E-state index contributed by atoms with van der Waals surface area (Å²) in [6.45, 7) is 9.86. The van der Waals surface area contributed by atoms with Crippen molar-refractivity contribution in [2.24, 2.45) is 0 Å². The number of amides is 1. The van der Waals surface area contributed by atoms with E-state index in [1.165, 1.54) is 4.40 Å². The molecule has 0 spiro atoms. The number of hydrogen-bond donors (Lipinski definition) is 1. The number of imidazole rings is 1. The van der Waals surface area contributed by atoms with Gasteiger partial charge in [-0.15, -0.1) is 0 Å². The fourth-order valence-electron chi connectivity index (χ4n) is 3.27. The van der Waals surface area contributed by atoms with E-state index in [1.807, 2.05) is 20.8 Å². The number of nitrogens with one attached hydrogen (secondary N) is 1. The molecule has 1 aliphatic rings. The van der Waals surface area contributed by atoms with Crippen molar-refractivity contribution in [1.82, 2.24) is 19.2 Å². The van der Waals surface area contributed by atoms with E-state index < -0.39 is 10.5 Å². The largest absolute Gasteiger partial charge is 0.444 e. The van der Waals surface area contributed by atoms with Crippen LogP contribution in [0.4, 0.5) is 16.4 Å². The molecule has 3 rings (SSSR count). The predicted molar refractivity (Wildman–Crippen MR) is 109 cm³/mol. The van der Waals surface area contributed by atoms with Crippen LogP contribution in [0, 0.1) is 10.1 Å². The Labute approximate surface area is 169 Å². The quantitative estimate of drug-likeness (QED) is 0.448. The summed E-state index contributed by atoms with van der Waals surface area (Å²) < 4.78 is 6.88. The number of hydrogen-bond acceptors (Lipinski definition) is 7. The molecule has 1 fully saturated rings. The summed E-state index contributed by atoms with van der Waals surface area (Å²) in [7, 11) is 0. The van der Waals surface area contributed by atoms with Crippen molar-refractivity contribution < 1.29 is 14.5 Å². The minimum Gasteiger partial charge on any atom is -0.444 e. The lowest BCUT2D eigenvalue weighted by Crippen LogP contribution is -2.50. The Morgan fingerprint density at radius 2 is 2.00 bits per heavy atom. The van der Waals surface area contributed by atoms with E-state index in [0.717, 1.165) is 26.1 Å². The summed E-state index contributed by atoms with van der Waals surface area (Å²) in [6, 6.07) is 5.28. The van der Waals surface area contributed by atoms with Gasteiger partial charge in [0.1, 0.15) is 5.60 Å². The van der Waals surface area contributed by atoms with Gasteiger partial charge < -0.3 is 25.1 Å². The molecule has 1 N–H and O–H groups in total. The van der Waals surface area contributed by atoms with Gasteiger partial charge in [0.25, 0.3) is 0 Å². The van der Waals surface area contributed by atoms with E-state index in [-0.39, 0.29) is 17.7 Å². The number of anilines is 1. The Balaban J connectivity index is 1.44. The first kappa shape index (κ1) is 20.8. The molecule has 2 aromatic heterocycles. The molecular formula is C19H28N6O4. The molecule has 3 heterocycles. The molecule has 1 amide bonds. The molecule has 0 radical (unpaired) electrons. The zero-order chi connectivity index (χ0) is 21.0. The minimum absolute atomic E-state index is 0.0495. The van der Waals surface area contributed by atoms with Crippen LogP contribution in [0.25, 0.3) is 5.65 Å². The Hall–Kier alpha value is -2.88. The molecule has 0 bridgehead atoms. The van der Waals surface area contributed by atoms with Gasteiger partial charge in [0.15, 0.2) is 0 Å². The molecule has 1 aliphatic heterocycles. The van der Waals surface area contributed by atoms with Crippen LogP contribution < -0.4 is 5.32 Å². The SMILES string of the molecule is CC(C)(C)OC(=O)N1CCN(CCCNc2nc3ccccn3c2[N+](=O)[O-])CC1. The lowest BCUT2D eigenvalue weighted by Gasteiger charge is -2.35. The number of rotatable bonds is 6. The third-order valence-electron chi connectivity index (χ3n) is 4.65. The normalized spacial score (nSPS) is 15.5. The number of aromatic nitrogens is 2. The number of piperazine rings is 1. The molecule has 0 saturated carbocycles. The van der Waals surface area contributed by atoms with Crippen LogP contribution in [0.15, 0.2) is 24.4 Å². The molecule has 1 saturated heterocycles. The van der Waals surface area contributed by atoms with E-state index in [4.69, 9.17) is 4.74 Å². The van der Waals surface area contributed by atoms with Crippen molar-refractivity contribution in [2.45, 2.75) is 32.8 Å². The molecule has 29 heavy (non-hydrogen) atoms. The van der Waals surface area contributed by atoms with Gasteiger partial charge in [0.2, 0.25) is 11.5 Å². The van der Waals surface area contributed by atoms with Crippen LogP contribution >= 0.6 is 0 Å². The van der Waals surface area contributed by atoms with Gasteiger partial charge in [0, 0.05) is 38.8 Å². The lowest BCUT2D eigenvalue weighted by atomic mass is 10.2. The van der Waals surface area contributed by atoms with Crippen LogP contribution in [0.2, 0.25) is 0 Å². The highest BCUT2D eigenvalue weighted by molar-refractivity contribution is 5.68. The zero-order valence-corrected chi connectivity index (χ0v) is 17.1. The second-order valence-electron chi connectivity index (χ2n) is 8.06. The maximum Gasteiger partial charge on any atom is 0.410 e. The minimum atomic E-state index is -0.486. The van der Waals surface area contributed by atoms with Crippen LogP contribution in [0.3, 0.4) is 0 Å². The Morgan fingerprint density at radius 1 is 1.28 bits per heavy atom. The van der Waals surface area contributed by atoms with E-state index >= 15 is 0 Å². The van der Waals surface area contributed by atoms with Crippen LogP contribution in [0.5, 0.6) is 0 Å². The highest BCUT2D eigenvalue weighted by atomic mass is 16.6. The number of pyridine rings is 1. The van der Waals surface area contributed by atoms with Gasteiger partial charge in [-0.2, -0.15) is 9.38 Å². The average molecular weight is 404 g/mol. The fourth-order valence-corrected chi connectivity index (χ4v) is 3.27. The number of carbonyl (C=O) groups excluding carboxylic acids is 1. The second-order valence-corrected chi connectivity index (χ2v) is 8.06. The molecule has 0 aromatic carbocycles. The molecule has 0 unspecified atom stereocenters. The lowest BCUT2D eigenvalue weighted by molar-refractivity contribution is -0.389. The van der Waals surface area contributed by atoms with Gasteiger partial charge in [-0.25, -0.2) is 4.79 Å². The number of nitrogens with zero attached hydrogens (tertiary/aromatic N) is 5. The number of fused-ring (bicyclic) bond motifs is 1. The summed E-state index contributed by atoms with van der Waals surface area (Å²) in [4.78, 5) is 31.4. The standard InChI is InChI=1S/C19H28N6O4/c1-19(2,3)29-18(26)23-13-11-22(12-14-23)9-6-8-20-16-17(25(27)28)24-10-5-4-7-15(24)21-16/h4-5,7,10,20H,6,8-9,11-14H2,1-3H3. The molecule has 0 aliphatic carbocycles. The van der Waals surface area contributed by atoms with Crippen LogP contribution in [-0.4, -0.2) is 75.1 Å². The summed E-state index contributed by atoms with van der Waals surface area (Å²) in [6.07, 6.45) is 2.19. The van der Waals surface area contributed by atoms with Gasteiger partial charge in [-0.1, -0.05) is 6.07 Å². The zero-order valence-electron chi connectivity index (χ0n) is 17.1. The Morgan fingerprint density at radius 3 is 2.66 bits per heavy atom. The summed E-state index contributed by atoms with van der Waals surface area (Å²) in [5.74, 6) is 0.238. The Kier molecular flexibility index (Phi) is 6.21. The summed E-state index contributed by atoms with van der Waals surface area (Å²) in [5.41, 5.74) is 0.0559. The fraction of sp³-hybridized carbons (Fsp3) is 0.579. The van der Waals surface area contributed by atoms with Crippen molar-refractivity contribution in [1.29, 1.82) is 0 Å². The van der Waals surface area contributed by atoms with Crippen molar-refractivity contribution in [2.75, 3.05) is 44.6 Å². The van der Waals surface area contributed by atoms with Gasteiger partial charge in [-0.3, -0.25) is 4.90 Å². The van der Waals surface area contributed by atoms with Gasteiger partial charge >= 0.3 is 11.9 Å². The van der Waals surface area contributed by atoms with E-state index in [9.17, 15) is 14.9 Å². The smallest absolute Gasteiger partial charge is 0.410 e. The second kappa shape index (κ2) is 8.64. The van der Waals surface area contributed by atoms with Crippen LogP contribution in [-0.2, 0) is 4.74 Å². The van der Waals surface area contributed by atoms with Crippen molar-refractivity contribution in [3.63, 3.8) is 0 Å². The third kappa shape index (κ3) is 5.35. The van der Waals surface area contributed by atoms with Gasteiger partial charge in [0.05, 0.1) is 6.20 Å². The van der Waals surface area contributed by atoms with Gasteiger partial charge in [-0.05, 0) is 44.7 Å². The first-order valence-corrected chi connectivity index (χ1v) is 9.80. The van der Waals surface area contributed by atoms with E-state index in [0.29, 0.717) is 25.3 Å². The predicted octanol–water partition coefficient (Wildman–Crippen LogP) is 2.60. The van der Waals surface area contributed by atoms with Crippen molar-refractivity contribution >= 4 is 23.4 Å². The first-order chi connectivity index (χ1) is 13.7. The highest BCUT2D eigenvalue weighted by Crippen LogP contribution is 2.25. The number of nitro groups is 1. The molecular weight excluding hydrogens is 376 g/mol. The highest BCUT2D eigenvalue weighted by Gasteiger charge is 2.26. The average Bonchev–Trinajstić information content (AvgIpc) is 3.03. The number of ether oxygens (including phenoxy) is 1. The summed E-state index contributed by atoms with van der Waals surface area (Å²) in [5, 5.41) is 14.5. The van der Waals surface area contributed by atoms with Crippen molar-refractivity contribution in [3.05, 3.63) is 34.5 Å². The topological polar surface area (TPSA) is 105 Å². The molecule has 158 valence electrons. The maximum absolute atomic E-state index is 12.1. The van der Waals surface area contributed by atoms with E-state index in [1.54, 1.807) is 29.3 Å². The summed E-state index contributed by atoms with van der Waals surface area (Å²) >= 11 is 0. The maximum atomic E-state index is 12.1. The van der Waals surface area contributed by atoms with Crippen molar-refractivity contribution in [3.8, 4) is 0 Å². The number of carbonyl (C=O) groups is 1.